The highest BCUT2D eigenvalue weighted by Crippen LogP contribution is 2.40. The molecule has 1 aliphatic carbocycles. The molecule has 3 heterocycles. The summed E-state index contributed by atoms with van der Waals surface area (Å²) in [7, 11) is -2.36. The lowest BCUT2D eigenvalue weighted by Crippen LogP contribution is -2.37. The van der Waals surface area contributed by atoms with Gasteiger partial charge in [0, 0.05) is 47.6 Å². The first-order valence-corrected chi connectivity index (χ1v) is 14.6. The van der Waals surface area contributed by atoms with Crippen LogP contribution in [0, 0.1) is 11.3 Å². The average Bonchev–Trinajstić information content (AvgIpc) is 2.84. The van der Waals surface area contributed by atoms with Crippen molar-refractivity contribution in [2.75, 3.05) is 42.8 Å². The molecule has 0 radical (unpaired) electrons. The molecule has 0 spiro atoms. The minimum atomic E-state index is -2.36. The normalized spacial score (nSPS) is 17.0. The Balaban J connectivity index is 1.42. The van der Waals surface area contributed by atoms with Gasteiger partial charge in [0.15, 0.2) is 11.6 Å². The highest BCUT2D eigenvalue weighted by atomic mass is 32.2. The molecule has 192 valence electrons. The van der Waals surface area contributed by atoms with E-state index in [0.29, 0.717) is 35.9 Å². The summed E-state index contributed by atoms with van der Waals surface area (Å²) >= 11 is 0. The number of hydrogen-bond donors (Lipinski definition) is 3. The molecule has 11 heteroatoms. The van der Waals surface area contributed by atoms with Crippen molar-refractivity contribution in [2.45, 2.75) is 31.7 Å². The van der Waals surface area contributed by atoms with Crippen LogP contribution in [0.15, 0.2) is 40.9 Å². The van der Waals surface area contributed by atoms with Gasteiger partial charge in [0.1, 0.15) is 17.5 Å². The number of aliphatic hydroxyl groups is 1. The number of anilines is 4. The fourth-order valence-electron chi connectivity index (χ4n) is 5.15. The Morgan fingerprint density at radius 3 is 2.86 bits per heavy atom. The average molecular weight is 519 g/mol. The van der Waals surface area contributed by atoms with E-state index in [1.54, 1.807) is 30.7 Å². The van der Waals surface area contributed by atoms with Gasteiger partial charge in [0.2, 0.25) is 5.95 Å². The summed E-state index contributed by atoms with van der Waals surface area (Å²) in [6, 6.07) is 11.6. The number of aromatic nitrogens is 3. The van der Waals surface area contributed by atoms with E-state index in [1.165, 1.54) is 29.3 Å². The molecular formula is C26H30N8O2S. The SMILES string of the molecule is CS(C)(=O)=Nc1cccc(Nc2nc(Nc3cc4c5c(c3)CN(CCO)CC5CCC4)ncc2C#N)n1. The van der Waals surface area contributed by atoms with Crippen molar-refractivity contribution in [1.82, 2.24) is 19.9 Å². The number of hydrogen-bond acceptors (Lipinski definition) is 10. The quantitative estimate of drug-likeness (QED) is 0.426. The molecule has 5 rings (SSSR count). The van der Waals surface area contributed by atoms with Gasteiger partial charge in [-0.2, -0.15) is 14.6 Å². The number of aliphatic hydroxyl groups excluding tert-OH is 1. The topological polar surface area (TPSA) is 139 Å². The van der Waals surface area contributed by atoms with Gasteiger partial charge in [-0.25, -0.2) is 14.2 Å². The Morgan fingerprint density at radius 2 is 2.08 bits per heavy atom. The summed E-state index contributed by atoms with van der Waals surface area (Å²) in [5.74, 6) is 1.95. The second kappa shape index (κ2) is 10.4. The smallest absolute Gasteiger partial charge is 0.229 e. The molecule has 0 fully saturated rings. The van der Waals surface area contributed by atoms with Crippen molar-refractivity contribution in [1.29, 1.82) is 5.26 Å². The largest absolute Gasteiger partial charge is 0.395 e. The summed E-state index contributed by atoms with van der Waals surface area (Å²) in [6.45, 7) is 2.64. The molecule has 1 aliphatic heterocycles. The fourth-order valence-corrected chi connectivity index (χ4v) is 5.70. The summed E-state index contributed by atoms with van der Waals surface area (Å²) in [4.78, 5) is 15.6. The van der Waals surface area contributed by atoms with Gasteiger partial charge in [-0.3, -0.25) is 4.90 Å². The van der Waals surface area contributed by atoms with Gasteiger partial charge in [-0.05, 0) is 66.1 Å². The van der Waals surface area contributed by atoms with Crippen molar-refractivity contribution >= 4 is 38.8 Å². The van der Waals surface area contributed by atoms with E-state index in [4.69, 9.17) is 0 Å². The van der Waals surface area contributed by atoms with E-state index in [0.717, 1.165) is 31.6 Å². The third kappa shape index (κ3) is 5.88. The maximum absolute atomic E-state index is 12.0. The molecule has 2 aromatic heterocycles. The Kier molecular flexibility index (Phi) is 7.06. The van der Waals surface area contributed by atoms with Crippen molar-refractivity contribution in [3.63, 3.8) is 0 Å². The lowest BCUT2D eigenvalue weighted by atomic mass is 9.77. The molecule has 1 atom stereocenters. The van der Waals surface area contributed by atoms with Crippen molar-refractivity contribution in [3.8, 4) is 6.07 Å². The van der Waals surface area contributed by atoms with Crippen molar-refractivity contribution < 1.29 is 9.32 Å². The second-order valence-electron chi connectivity index (χ2n) is 9.73. The third-order valence-electron chi connectivity index (χ3n) is 6.51. The van der Waals surface area contributed by atoms with E-state index < -0.39 is 9.73 Å². The number of nitrogens with one attached hydrogen (secondary N) is 2. The zero-order valence-electron chi connectivity index (χ0n) is 20.9. The molecule has 1 unspecified atom stereocenters. The predicted octanol–water partition coefficient (Wildman–Crippen LogP) is 3.82. The molecule has 37 heavy (non-hydrogen) atoms. The molecule has 0 bridgehead atoms. The zero-order valence-corrected chi connectivity index (χ0v) is 21.8. The Hall–Kier alpha value is -3.59. The highest BCUT2D eigenvalue weighted by molar-refractivity contribution is 7.92. The number of β-amino-alcohol motifs (C(OH)–C–C–N with tert-alkyl or cyclic N) is 1. The first-order valence-electron chi connectivity index (χ1n) is 12.3. The van der Waals surface area contributed by atoms with Crippen LogP contribution in [0.4, 0.5) is 29.1 Å². The summed E-state index contributed by atoms with van der Waals surface area (Å²) in [5, 5.41) is 25.4. The van der Waals surface area contributed by atoms with Crippen LogP contribution in [0.5, 0.6) is 0 Å². The molecule has 1 aromatic carbocycles. The van der Waals surface area contributed by atoms with Crippen LogP contribution in [0.2, 0.25) is 0 Å². The molecule has 3 aromatic rings. The van der Waals surface area contributed by atoms with Gasteiger partial charge < -0.3 is 15.7 Å². The molecule has 2 aliphatic rings. The van der Waals surface area contributed by atoms with E-state index in [2.05, 4.69) is 53.1 Å². The number of aryl methyl sites for hydroxylation is 1. The third-order valence-corrected chi connectivity index (χ3v) is 7.13. The molecular weight excluding hydrogens is 488 g/mol. The fraction of sp³-hybridized carbons (Fsp3) is 0.385. The van der Waals surface area contributed by atoms with Crippen LogP contribution in [0.3, 0.4) is 0 Å². The van der Waals surface area contributed by atoms with Crippen molar-refractivity contribution in [2.24, 2.45) is 4.36 Å². The standard InChI is InChI=1S/C26H30N8O2S/c1-37(2,36)33-23-8-4-7-22(30-23)31-25-20(13-27)14-28-26(32-25)29-21-11-17-5-3-6-18-15-34(9-10-35)16-19(12-21)24(17)18/h4,7-8,11-12,14,18,35H,3,5-6,9-10,15-16H2,1-2H3,(H2,28,29,30,31,32). The Morgan fingerprint density at radius 1 is 1.24 bits per heavy atom. The highest BCUT2D eigenvalue weighted by Gasteiger charge is 2.30. The number of pyridine rings is 1. The van der Waals surface area contributed by atoms with Gasteiger partial charge in [0.25, 0.3) is 0 Å². The second-order valence-corrected chi connectivity index (χ2v) is 12.3. The first kappa shape index (κ1) is 25.1. The summed E-state index contributed by atoms with van der Waals surface area (Å²) < 4.78 is 16.2. The first-order chi connectivity index (χ1) is 17.8. The molecule has 0 saturated carbocycles. The number of nitriles is 1. The van der Waals surface area contributed by atoms with Gasteiger partial charge in [-0.1, -0.05) is 6.07 Å². The van der Waals surface area contributed by atoms with Crippen LogP contribution >= 0.6 is 0 Å². The van der Waals surface area contributed by atoms with Crippen LogP contribution < -0.4 is 10.6 Å². The van der Waals surface area contributed by atoms with Gasteiger partial charge in [-0.15, -0.1) is 0 Å². The summed E-state index contributed by atoms with van der Waals surface area (Å²) in [5.41, 5.74) is 5.28. The monoisotopic (exact) mass is 518 g/mol. The zero-order chi connectivity index (χ0) is 26.0. The van der Waals surface area contributed by atoms with E-state index in [1.807, 2.05) is 0 Å². The molecule has 0 amide bonds. The van der Waals surface area contributed by atoms with Gasteiger partial charge >= 0.3 is 0 Å². The van der Waals surface area contributed by atoms with Crippen LogP contribution in [0.25, 0.3) is 0 Å². The lowest BCUT2D eigenvalue weighted by molar-refractivity contribution is 0.167. The van der Waals surface area contributed by atoms with Crippen LogP contribution in [0.1, 0.15) is 41.0 Å². The van der Waals surface area contributed by atoms with Crippen LogP contribution in [-0.4, -0.2) is 61.4 Å². The van der Waals surface area contributed by atoms with E-state index in [9.17, 15) is 14.6 Å². The van der Waals surface area contributed by atoms with E-state index in [-0.39, 0.29) is 12.2 Å². The van der Waals surface area contributed by atoms with Crippen molar-refractivity contribution in [3.05, 3.63) is 58.8 Å². The maximum Gasteiger partial charge on any atom is 0.229 e. The molecule has 3 N–H and O–H groups in total. The maximum atomic E-state index is 12.0. The van der Waals surface area contributed by atoms with Crippen LogP contribution in [-0.2, 0) is 22.7 Å². The number of nitrogens with zero attached hydrogens (tertiary/aromatic N) is 6. The summed E-state index contributed by atoms with van der Waals surface area (Å²) in [6.07, 6.45) is 7.94. The minimum Gasteiger partial charge on any atom is -0.395 e. The number of rotatable bonds is 7. The predicted molar refractivity (Wildman–Crippen MR) is 144 cm³/mol. The van der Waals surface area contributed by atoms with Gasteiger partial charge in [0.05, 0.1) is 12.8 Å². The molecule has 10 nitrogen and oxygen atoms in total. The number of benzene rings is 1. The Labute approximate surface area is 217 Å². The molecule has 0 saturated heterocycles. The lowest BCUT2D eigenvalue weighted by Gasteiger charge is -2.38. The van der Waals surface area contributed by atoms with E-state index >= 15 is 0 Å². The minimum absolute atomic E-state index is 0.156. The Bertz CT molecular complexity index is 1480.